The number of allylic oxidation sites excluding steroid dienone is 1. The average molecular weight is 344 g/mol. The summed E-state index contributed by atoms with van der Waals surface area (Å²) in [5.41, 5.74) is 5.06. The minimum absolute atomic E-state index is 0.0266. The number of hydrogen-bond donors (Lipinski definition) is 0. The van der Waals surface area contributed by atoms with Gasteiger partial charge < -0.3 is 4.57 Å². The first kappa shape index (κ1) is 16.3. The zero-order valence-electron chi connectivity index (χ0n) is 14.8. The van der Waals surface area contributed by atoms with Crippen molar-refractivity contribution in [1.82, 2.24) is 14.3 Å². The SMILES string of the molecule is CC1C=C(Cn2cc(-c3cn(C)c(=O)cc3-c3ccccc3)cn2)C=N1. The van der Waals surface area contributed by atoms with Crippen LogP contribution in [0.1, 0.15) is 6.92 Å². The van der Waals surface area contributed by atoms with Crippen LogP contribution in [0.15, 0.2) is 76.4 Å². The lowest BCUT2D eigenvalue weighted by Crippen LogP contribution is -2.15. The maximum Gasteiger partial charge on any atom is 0.250 e. The van der Waals surface area contributed by atoms with Crippen LogP contribution >= 0.6 is 0 Å². The number of benzene rings is 1. The predicted molar refractivity (Wildman–Crippen MR) is 104 cm³/mol. The third-order valence-electron chi connectivity index (χ3n) is 4.53. The van der Waals surface area contributed by atoms with Crippen LogP contribution in [0, 0.1) is 0 Å². The molecule has 1 aliphatic heterocycles. The van der Waals surface area contributed by atoms with Crippen LogP contribution in [0.2, 0.25) is 0 Å². The summed E-state index contributed by atoms with van der Waals surface area (Å²) in [4.78, 5) is 16.5. The van der Waals surface area contributed by atoms with E-state index in [1.54, 1.807) is 17.7 Å². The van der Waals surface area contributed by atoms with E-state index < -0.39 is 0 Å². The van der Waals surface area contributed by atoms with Crippen molar-refractivity contribution in [2.75, 3.05) is 0 Å². The molecule has 4 rings (SSSR count). The first-order valence-electron chi connectivity index (χ1n) is 8.63. The molecule has 0 radical (unpaired) electrons. The van der Waals surface area contributed by atoms with Gasteiger partial charge in [0, 0.05) is 42.8 Å². The van der Waals surface area contributed by atoms with Crippen molar-refractivity contribution in [2.45, 2.75) is 19.5 Å². The van der Waals surface area contributed by atoms with Crippen LogP contribution in [0.3, 0.4) is 0 Å². The lowest BCUT2D eigenvalue weighted by atomic mass is 9.98. The van der Waals surface area contributed by atoms with E-state index in [1.807, 2.05) is 59.8 Å². The highest BCUT2D eigenvalue weighted by Gasteiger charge is 2.13. The second-order valence-electron chi connectivity index (χ2n) is 6.60. The topological polar surface area (TPSA) is 52.2 Å². The quantitative estimate of drug-likeness (QED) is 0.729. The third-order valence-corrected chi connectivity index (χ3v) is 4.53. The summed E-state index contributed by atoms with van der Waals surface area (Å²) in [6.07, 6.45) is 9.80. The van der Waals surface area contributed by atoms with E-state index in [4.69, 9.17) is 0 Å². The minimum atomic E-state index is -0.0266. The van der Waals surface area contributed by atoms with Gasteiger partial charge in [-0.25, -0.2) is 0 Å². The van der Waals surface area contributed by atoms with Crippen molar-refractivity contribution >= 4 is 6.21 Å². The molecule has 1 unspecified atom stereocenters. The molecule has 0 saturated heterocycles. The van der Waals surface area contributed by atoms with Crippen LogP contribution in [0.4, 0.5) is 0 Å². The van der Waals surface area contributed by atoms with Gasteiger partial charge in [-0.2, -0.15) is 5.10 Å². The van der Waals surface area contributed by atoms with Gasteiger partial charge in [0.2, 0.25) is 0 Å². The van der Waals surface area contributed by atoms with E-state index >= 15 is 0 Å². The fraction of sp³-hybridized carbons (Fsp3) is 0.190. The maximum atomic E-state index is 12.2. The van der Waals surface area contributed by atoms with Gasteiger partial charge >= 0.3 is 0 Å². The number of pyridine rings is 1. The average Bonchev–Trinajstić information content (AvgIpc) is 3.27. The van der Waals surface area contributed by atoms with Gasteiger partial charge in [-0.15, -0.1) is 0 Å². The van der Waals surface area contributed by atoms with Crippen molar-refractivity contribution in [1.29, 1.82) is 0 Å². The summed E-state index contributed by atoms with van der Waals surface area (Å²) in [7, 11) is 1.77. The van der Waals surface area contributed by atoms with Crippen molar-refractivity contribution in [2.24, 2.45) is 12.0 Å². The molecule has 1 aliphatic rings. The molecule has 3 aromatic rings. The second-order valence-corrected chi connectivity index (χ2v) is 6.60. The number of aliphatic imine (C=N–C) groups is 1. The molecule has 1 atom stereocenters. The van der Waals surface area contributed by atoms with Gasteiger partial charge in [-0.3, -0.25) is 14.5 Å². The van der Waals surface area contributed by atoms with Gasteiger partial charge in [0.05, 0.1) is 18.8 Å². The number of aryl methyl sites for hydroxylation is 1. The zero-order chi connectivity index (χ0) is 18.1. The van der Waals surface area contributed by atoms with Gasteiger partial charge in [0.1, 0.15) is 0 Å². The van der Waals surface area contributed by atoms with Gasteiger partial charge in [-0.05, 0) is 23.6 Å². The molecular weight excluding hydrogens is 324 g/mol. The number of rotatable bonds is 4. The summed E-state index contributed by atoms with van der Waals surface area (Å²) in [6, 6.07) is 11.9. The molecular formula is C21H20N4O. The van der Waals surface area contributed by atoms with E-state index in [2.05, 4.69) is 23.1 Å². The van der Waals surface area contributed by atoms with Crippen LogP contribution < -0.4 is 5.56 Å². The Morgan fingerprint density at radius 3 is 2.62 bits per heavy atom. The molecule has 2 aromatic heterocycles. The lowest BCUT2D eigenvalue weighted by molar-refractivity contribution is 0.692. The molecule has 0 bridgehead atoms. The number of nitrogens with zero attached hydrogens (tertiary/aromatic N) is 4. The van der Waals surface area contributed by atoms with Crippen molar-refractivity contribution in [3.63, 3.8) is 0 Å². The summed E-state index contributed by atoms with van der Waals surface area (Å²) in [6.45, 7) is 2.76. The molecule has 5 heteroatoms. The fourth-order valence-electron chi connectivity index (χ4n) is 3.20. The third kappa shape index (κ3) is 3.16. The standard InChI is InChI=1S/C21H20N4O/c1-15-8-16(10-22-15)12-25-13-18(11-23-25)20-14-24(2)21(26)9-19(20)17-6-4-3-5-7-17/h3-11,13-15H,12H2,1-2H3. The van der Waals surface area contributed by atoms with Crippen LogP contribution in [-0.2, 0) is 13.6 Å². The van der Waals surface area contributed by atoms with E-state index in [0.717, 1.165) is 27.8 Å². The Balaban J connectivity index is 1.74. The summed E-state index contributed by atoms with van der Waals surface area (Å²) >= 11 is 0. The van der Waals surface area contributed by atoms with Crippen LogP contribution in [0.5, 0.6) is 0 Å². The first-order valence-corrected chi connectivity index (χ1v) is 8.63. The Kier molecular flexibility index (Phi) is 4.13. The van der Waals surface area contributed by atoms with Gasteiger partial charge in [0.15, 0.2) is 0 Å². The number of hydrogen-bond acceptors (Lipinski definition) is 3. The molecule has 0 aliphatic carbocycles. The molecule has 26 heavy (non-hydrogen) atoms. The highest BCUT2D eigenvalue weighted by atomic mass is 16.1. The molecule has 1 aromatic carbocycles. The molecule has 130 valence electrons. The van der Waals surface area contributed by atoms with Crippen LogP contribution in [-0.4, -0.2) is 26.6 Å². The summed E-state index contributed by atoms with van der Waals surface area (Å²) < 4.78 is 3.51. The van der Waals surface area contributed by atoms with Gasteiger partial charge in [-0.1, -0.05) is 36.4 Å². The largest absolute Gasteiger partial charge is 0.318 e. The molecule has 0 fully saturated rings. The first-order chi connectivity index (χ1) is 12.6. The van der Waals surface area contributed by atoms with E-state index in [1.165, 1.54) is 0 Å². The Labute approximate surface area is 151 Å². The van der Waals surface area contributed by atoms with Crippen molar-refractivity contribution in [3.8, 4) is 22.3 Å². The van der Waals surface area contributed by atoms with Crippen LogP contribution in [0.25, 0.3) is 22.3 Å². The second kappa shape index (κ2) is 6.59. The highest BCUT2D eigenvalue weighted by Crippen LogP contribution is 2.30. The lowest BCUT2D eigenvalue weighted by Gasteiger charge is -2.10. The monoisotopic (exact) mass is 344 g/mol. The molecule has 0 saturated carbocycles. The number of aromatic nitrogens is 3. The Morgan fingerprint density at radius 1 is 1.08 bits per heavy atom. The molecule has 0 amide bonds. The maximum absolute atomic E-state index is 12.2. The smallest absolute Gasteiger partial charge is 0.250 e. The minimum Gasteiger partial charge on any atom is -0.318 e. The highest BCUT2D eigenvalue weighted by molar-refractivity contribution is 5.83. The molecule has 3 heterocycles. The molecule has 0 spiro atoms. The molecule has 0 N–H and O–H groups in total. The Hall–Kier alpha value is -3.21. The summed E-state index contributed by atoms with van der Waals surface area (Å²) in [5, 5.41) is 4.49. The zero-order valence-corrected chi connectivity index (χ0v) is 14.8. The van der Waals surface area contributed by atoms with Crippen molar-refractivity contribution < 1.29 is 0 Å². The van der Waals surface area contributed by atoms with Gasteiger partial charge in [0.25, 0.3) is 5.56 Å². The predicted octanol–water partition coefficient (Wildman–Crippen LogP) is 3.32. The van der Waals surface area contributed by atoms with E-state index in [0.29, 0.717) is 6.54 Å². The molecule has 5 nitrogen and oxygen atoms in total. The fourth-order valence-corrected chi connectivity index (χ4v) is 3.20. The van der Waals surface area contributed by atoms with Crippen molar-refractivity contribution in [3.05, 3.63) is 77.0 Å². The normalized spacial score (nSPS) is 16.1. The Bertz CT molecular complexity index is 1060. The van der Waals surface area contributed by atoms with E-state index in [-0.39, 0.29) is 11.6 Å². The Morgan fingerprint density at radius 2 is 1.88 bits per heavy atom. The van der Waals surface area contributed by atoms with E-state index in [9.17, 15) is 4.79 Å². The summed E-state index contributed by atoms with van der Waals surface area (Å²) in [5.74, 6) is 0.